The van der Waals surface area contributed by atoms with E-state index in [1.165, 1.54) is 14.2 Å². The fourth-order valence-electron chi connectivity index (χ4n) is 12.2. The van der Waals surface area contributed by atoms with Gasteiger partial charge in [0.15, 0.2) is 0 Å². The number of nitrogens with zero attached hydrogens (tertiary/aromatic N) is 1. The fourth-order valence-corrected chi connectivity index (χ4v) is 12.2. The standard InChI is InChI=1S/C43H52N4O7/c1-6-24-19-44-34-17-29-25-9-7-8-10-32(25)45-36(29)30(16-31(24)43(34,21-48)41(51)54-5)35-33(52-3)12-11-26-27-13-14-47-20-23-15-28(22(2)49)39(47)42(18-23,40(50)53-4)38(27)46-37(26)35/h6-12,22-23,28,30-31,34,39,44-46,48-49H,13-21H2,1-5H3. The summed E-state index contributed by atoms with van der Waals surface area (Å²) in [6.07, 6.45) is 4.79. The van der Waals surface area contributed by atoms with E-state index in [4.69, 9.17) is 14.2 Å². The third-order valence-corrected chi connectivity index (χ3v) is 14.4. The number of aromatic nitrogens is 2. The van der Waals surface area contributed by atoms with Crippen LogP contribution < -0.4 is 10.1 Å². The Morgan fingerprint density at radius 3 is 2.56 bits per heavy atom. The summed E-state index contributed by atoms with van der Waals surface area (Å²) in [7, 11) is 4.58. The lowest BCUT2D eigenvalue weighted by atomic mass is 9.56. The predicted octanol–water partition coefficient (Wildman–Crippen LogP) is 4.48. The number of methoxy groups -OCH3 is 3. The molecule has 2 aliphatic carbocycles. The van der Waals surface area contributed by atoms with Gasteiger partial charge in [0.1, 0.15) is 16.6 Å². The number of nitrogens with one attached hydrogen (secondary N) is 3. The van der Waals surface area contributed by atoms with Crippen LogP contribution in [0.1, 0.15) is 67.1 Å². The number of para-hydroxylation sites is 1. The summed E-state index contributed by atoms with van der Waals surface area (Å²) in [6, 6.07) is 11.9. The van der Waals surface area contributed by atoms with Crippen molar-refractivity contribution in [3.63, 3.8) is 0 Å². The summed E-state index contributed by atoms with van der Waals surface area (Å²) in [6.45, 7) is 5.77. The number of fused-ring (bicyclic) bond motifs is 9. The number of esters is 2. The van der Waals surface area contributed by atoms with Gasteiger partial charge in [-0.1, -0.05) is 29.8 Å². The lowest BCUT2D eigenvalue weighted by Crippen LogP contribution is -2.68. The van der Waals surface area contributed by atoms with Crippen LogP contribution in [0.25, 0.3) is 21.8 Å². The Balaban J connectivity index is 1.34. The maximum Gasteiger partial charge on any atom is 0.319 e. The van der Waals surface area contributed by atoms with E-state index in [0.29, 0.717) is 31.6 Å². The van der Waals surface area contributed by atoms with Crippen LogP contribution in [0.3, 0.4) is 0 Å². The molecule has 5 N–H and O–H groups in total. The number of aliphatic hydroxyl groups is 2. The summed E-state index contributed by atoms with van der Waals surface area (Å²) in [5.74, 6) is -0.453. The highest BCUT2D eigenvalue weighted by molar-refractivity contribution is 5.95. The molecule has 10 unspecified atom stereocenters. The molecule has 10 rings (SSSR count). The molecule has 2 aromatic carbocycles. The first-order valence-corrected chi connectivity index (χ1v) is 19.6. The van der Waals surface area contributed by atoms with E-state index >= 15 is 0 Å². The van der Waals surface area contributed by atoms with Crippen molar-refractivity contribution in [2.24, 2.45) is 23.2 Å². The Labute approximate surface area is 315 Å². The van der Waals surface area contributed by atoms with Gasteiger partial charge in [-0.3, -0.25) is 14.5 Å². The first-order chi connectivity index (χ1) is 26.2. The molecule has 3 saturated heterocycles. The van der Waals surface area contributed by atoms with Gasteiger partial charge >= 0.3 is 11.9 Å². The van der Waals surface area contributed by atoms with Gasteiger partial charge in [-0.2, -0.15) is 0 Å². The molecule has 6 aliphatic rings. The van der Waals surface area contributed by atoms with Crippen LogP contribution in [-0.2, 0) is 37.3 Å². The Bertz CT molecular complexity index is 2190. The Morgan fingerprint density at radius 2 is 1.83 bits per heavy atom. The van der Waals surface area contributed by atoms with Gasteiger partial charge < -0.3 is 39.7 Å². The van der Waals surface area contributed by atoms with E-state index in [9.17, 15) is 19.8 Å². The number of hydrogen-bond acceptors (Lipinski definition) is 9. The molecular formula is C43H52N4O7. The highest BCUT2D eigenvalue weighted by atomic mass is 16.5. The third kappa shape index (κ3) is 4.67. The van der Waals surface area contributed by atoms with Gasteiger partial charge in [-0.25, -0.2) is 0 Å². The highest BCUT2D eigenvalue weighted by Gasteiger charge is 2.64. The predicted molar refractivity (Wildman–Crippen MR) is 205 cm³/mol. The molecule has 11 nitrogen and oxygen atoms in total. The summed E-state index contributed by atoms with van der Waals surface area (Å²) in [5.41, 5.74) is 5.85. The minimum absolute atomic E-state index is 0.0699. The zero-order valence-electron chi connectivity index (χ0n) is 31.8. The molecule has 4 fully saturated rings. The molecule has 6 heterocycles. The van der Waals surface area contributed by atoms with Crippen LogP contribution in [0.4, 0.5) is 0 Å². The minimum Gasteiger partial charge on any atom is -0.496 e. The fraction of sp³-hybridized carbons (Fsp3) is 0.535. The van der Waals surface area contributed by atoms with Gasteiger partial charge in [0, 0.05) is 82.7 Å². The molecule has 54 heavy (non-hydrogen) atoms. The zero-order chi connectivity index (χ0) is 37.7. The van der Waals surface area contributed by atoms with Gasteiger partial charge in [0.2, 0.25) is 0 Å². The summed E-state index contributed by atoms with van der Waals surface area (Å²) >= 11 is 0. The van der Waals surface area contributed by atoms with Crippen molar-refractivity contribution < 1.29 is 34.0 Å². The Hall–Kier alpha value is -4.16. The van der Waals surface area contributed by atoms with E-state index in [1.54, 1.807) is 7.11 Å². The molecule has 0 spiro atoms. The SMILES string of the molecule is CC=C1CNC2Cc3c([nH]c4ccccc34)C(c3c(OC)ccc4c5c([nH]c34)C3(C(=O)OC)CC4CC(C(C)O)C3N(CC5)C4)CC1C2(CO)C(=O)OC. The van der Waals surface area contributed by atoms with E-state index in [2.05, 4.69) is 44.5 Å². The second-order valence-corrected chi connectivity index (χ2v) is 16.5. The number of aliphatic hydroxyl groups excluding tert-OH is 2. The lowest BCUT2D eigenvalue weighted by Gasteiger charge is -2.58. The Kier molecular flexibility index (Phi) is 8.53. The number of rotatable bonds is 6. The first-order valence-electron chi connectivity index (χ1n) is 19.6. The Morgan fingerprint density at radius 1 is 1.04 bits per heavy atom. The van der Waals surface area contributed by atoms with Crippen molar-refractivity contribution >= 4 is 33.7 Å². The molecule has 0 amide bonds. The summed E-state index contributed by atoms with van der Waals surface area (Å²) in [4.78, 5) is 38.8. The van der Waals surface area contributed by atoms with E-state index in [1.807, 2.05) is 32.0 Å². The maximum atomic E-state index is 14.4. The molecule has 0 radical (unpaired) electrons. The van der Waals surface area contributed by atoms with Crippen LogP contribution in [0.2, 0.25) is 0 Å². The highest BCUT2D eigenvalue weighted by Crippen LogP contribution is 2.58. The number of aromatic amines is 2. The number of allylic oxidation sites excluding steroid dienone is 1. The van der Waals surface area contributed by atoms with Crippen molar-refractivity contribution in [3.8, 4) is 5.75 Å². The second-order valence-electron chi connectivity index (χ2n) is 16.5. The van der Waals surface area contributed by atoms with E-state index in [0.717, 1.165) is 81.4 Å². The van der Waals surface area contributed by atoms with Crippen molar-refractivity contribution in [1.29, 1.82) is 0 Å². The van der Waals surface area contributed by atoms with Crippen molar-refractivity contribution in [2.75, 3.05) is 47.6 Å². The minimum atomic E-state index is -1.23. The van der Waals surface area contributed by atoms with E-state index < -0.39 is 22.9 Å². The quantitative estimate of drug-likeness (QED) is 0.143. The topological polar surface area (TPSA) is 149 Å². The van der Waals surface area contributed by atoms with Gasteiger partial charge in [0.25, 0.3) is 0 Å². The molecule has 6 bridgehead atoms. The molecule has 11 heteroatoms. The number of benzene rings is 2. The molecule has 4 aromatic rings. The number of carbonyl (C=O) groups excluding carboxylic acids is 2. The van der Waals surface area contributed by atoms with Crippen LogP contribution in [0, 0.1) is 23.2 Å². The number of H-pyrrole nitrogens is 2. The van der Waals surface area contributed by atoms with Crippen LogP contribution in [0.5, 0.6) is 5.75 Å². The molecule has 1 saturated carbocycles. The number of piperidine rings is 3. The first kappa shape index (κ1) is 35.5. The van der Waals surface area contributed by atoms with Gasteiger partial charge in [-0.05, 0) is 81.2 Å². The number of carbonyl (C=O) groups is 2. The monoisotopic (exact) mass is 736 g/mol. The van der Waals surface area contributed by atoms with Crippen LogP contribution >= 0.6 is 0 Å². The van der Waals surface area contributed by atoms with Crippen molar-refractivity contribution in [3.05, 3.63) is 76.1 Å². The maximum absolute atomic E-state index is 14.4. The van der Waals surface area contributed by atoms with Gasteiger partial charge in [-0.15, -0.1) is 0 Å². The second kappa shape index (κ2) is 13.0. The lowest BCUT2D eigenvalue weighted by molar-refractivity contribution is -0.166. The van der Waals surface area contributed by atoms with E-state index in [-0.39, 0.29) is 48.3 Å². The smallest absolute Gasteiger partial charge is 0.319 e. The van der Waals surface area contributed by atoms with Gasteiger partial charge in [0.05, 0.1) is 39.6 Å². The van der Waals surface area contributed by atoms with Crippen molar-refractivity contribution in [2.45, 2.75) is 75.5 Å². The molecule has 4 aliphatic heterocycles. The molecule has 286 valence electrons. The largest absolute Gasteiger partial charge is 0.496 e. The zero-order valence-corrected chi connectivity index (χ0v) is 31.8. The van der Waals surface area contributed by atoms with Crippen LogP contribution in [0.15, 0.2) is 48.0 Å². The van der Waals surface area contributed by atoms with Crippen molar-refractivity contribution in [1.82, 2.24) is 20.2 Å². The average molecular weight is 737 g/mol. The molecular weight excluding hydrogens is 684 g/mol. The summed E-state index contributed by atoms with van der Waals surface area (Å²) < 4.78 is 17.5. The summed E-state index contributed by atoms with van der Waals surface area (Å²) in [5, 5.41) is 28.3. The van der Waals surface area contributed by atoms with Crippen LogP contribution in [-0.4, -0.2) is 103 Å². The normalized spacial score (nSPS) is 34.1. The number of ether oxygens (including phenoxy) is 3. The number of hydrogen-bond donors (Lipinski definition) is 5. The average Bonchev–Trinajstić information content (AvgIpc) is 3.73. The molecule has 2 aromatic heterocycles. The molecule has 10 atom stereocenters. The third-order valence-electron chi connectivity index (χ3n) is 14.4.